The quantitative estimate of drug-likeness (QED) is 0.0439. The number of rotatable bonds is 36. The Morgan fingerprint density at radius 2 is 0.776 bits per heavy atom. The summed E-state index contributed by atoms with van der Waals surface area (Å²) in [6, 6.07) is 0. The Morgan fingerprint density at radius 1 is 0.490 bits per heavy atom. The van der Waals surface area contributed by atoms with Crippen molar-refractivity contribution in [1.82, 2.24) is 0 Å². The van der Waals surface area contributed by atoms with Gasteiger partial charge in [-0.25, -0.2) is 14.0 Å². The first-order valence-corrected chi connectivity index (χ1v) is 20.6. The topological polar surface area (TPSA) is 121 Å². The van der Waals surface area contributed by atoms with Crippen molar-refractivity contribution in [3.05, 3.63) is 0 Å². The first kappa shape index (κ1) is 47.3. The normalized spacial score (nSPS) is 14.3. The maximum atomic E-state index is 17.2. The standard InChI is InChI=1S/C41H77FO7/c1-5-9-13-17-20-21-22-26-29-33-39(31-27-24-18-14-10-6-2,32-28-25-19-15-11-7-3)49-38(47)40(42,34-30-23-16-12-8-4)41(48,37(45)46)35-36(43)44/h48H,5-35H2,1-4H3,(H,43,44)(H,45,46). The molecule has 0 spiro atoms. The second kappa shape index (κ2) is 28.9. The first-order chi connectivity index (χ1) is 23.5. The molecule has 0 aromatic heterocycles. The number of ether oxygens (including phenoxy) is 1. The molecule has 49 heavy (non-hydrogen) atoms. The second-order valence-corrected chi connectivity index (χ2v) is 14.9. The molecule has 2 atom stereocenters. The van der Waals surface area contributed by atoms with Crippen molar-refractivity contribution in [2.75, 3.05) is 0 Å². The summed E-state index contributed by atoms with van der Waals surface area (Å²) in [6.45, 7) is 8.59. The predicted octanol–water partition coefficient (Wildman–Crippen LogP) is 12.0. The molecule has 0 aliphatic rings. The fourth-order valence-electron chi connectivity index (χ4n) is 7.07. The number of carboxylic acid groups (broad SMARTS) is 2. The van der Waals surface area contributed by atoms with E-state index in [2.05, 4.69) is 20.8 Å². The van der Waals surface area contributed by atoms with Crippen LogP contribution in [0.4, 0.5) is 4.39 Å². The smallest absolute Gasteiger partial charge is 0.348 e. The number of aliphatic hydroxyl groups is 1. The first-order valence-electron chi connectivity index (χ1n) is 20.6. The van der Waals surface area contributed by atoms with Gasteiger partial charge in [0.15, 0.2) is 0 Å². The van der Waals surface area contributed by atoms with Crippen LogP contribution in [0.3, 0.4) is 0 Å². The van der Waals surface area contributed by atoms with Crippen molar-refractivity contribution >= 4 is 17.9 Å². The maximum Gasteiger partial charge on any atom is 0.348 e. The van der Waals surface area contributed by atoms with Gasteiger partial charge in [-0.2, -0.15) is 0 Å². The average Bonchev–Trinajstić information content (AvgIpc) is 3.06. The van der Waals surface area contributed by atoms with Crippen LogP contribution in [-0.2, 0) is 19.1 Å². The lowest BCUT2D eigenvalue weighted by molar-refractivity contribution is -0.210. The minimum atomic E-state index is -3.44. The van der Waals surface area contributed by atoms with Gasteiger partial charge < -0.3 is 20.1 Å². The summed E-state index contributed by atoms with van der Waals surface area (Å²) in [4.78, 5) is 38.3. The highest BCUT2D eigenvalue weighted by molar-refractivity contribution is 5.94. The minimum absolute atomic E-state index is 0.140. The summed E-state index contributed by atoms with van der Waals surface area (Å²) in [5.74, 6) is -5.16. The third-order valence-corrected chi connectivity index (χ3v) is 10.4. The highest BCUT2D eigenvalue weighted by Gasteiger charge is 2.64. The number of unbranched alkanes of at least 4 members (excludes halogenated alkanes) is 22. The largest absolute Gasteiger partial charge is 0.481 e. The van der Waals surface area contributed by atoms with Gasteiger partial charge in [0.25, 0.3) is 0 Å². The molecule has 3 N–H and O–H groups in total. The molecule has 0 aromatic carbocycles. The highest BCUT2D eigenvalue weighted by atomic mass is 19.1. The zero-order valence-corrected chi connectivity index (χ0v) is 32.3. The van der Waals surface area contributed by atoms with Crippen molar-refractivity contribution in [2.24, 2.45) is 0 Å². The van der Waals surface area contributed by atoms with Crippen LogP contribution in [0.25, 0.3) is 0 Å². The van der Waals surface area contributed by atoms with Gasteiger partial charge in [0.1, 0.15) is 5.60 Å². The van der Waals surface area contributed by atoms with E-state index >= 15 is 4.39 Å². The van der Waals surface area contributed by atoms with Gasteiger partial charge in [-0.05, 0) is 51.4 Å². The summed E-state index contributed by atoms with van der Waals surface area (Å²) in [5.41, 5.74) is -7.82. The van der Waals surface area contributed by atoms with Gasteiger partial charge in [-0.1, -0.05) is 169 Å². The van der Waals surface area contributed by atoms with E-state index in [4.69, 9.17) is 4.74 Å². The summed E-state index contributed by atoms with van der Waals surface area (Å²) < 4.78 is 23.4. The average molecular weight is 701 g/mol. The molecule has 0 saturated heterocycles. The van der Waals surface area contributed by atoms with Gasteiger partial charge in [0.05, 0.1) is 6.42 Å². The van der Waals surface area contributed by atoms with E-state index in [1.807, 2.05) is 6.92 Å². The lowest BCUT2D eigenvalue weighted by Gasteiger charge is -2.41. The van der Waals surface area contributed by atoms with Crippen LogP contribution in [0.15, 0.2) is 0 Å². The number of hydrogen-bond acceptors (Lipinski definition) is 5. The van der Waals surface area contributed by atoms with E-state index in [9.17, 15) is 29.7 Å². The molecule has 290 valence electrons. The Kier molecular flexibility index (Phi) is 27.9. The molecular formula is C41H77FO7. The lowest BCUT2D eigenvalue weighted by atomic mass is 9.77. The fraction of sp³-hybridized carbons (Fsp3) is 0.927. The van der Waals surface area contributed by atoms with Gasteiger partial charge in [0.2, 0.25) is 11.3 Å². The summed E-state index contributed by atoms with van der Waals surface area (Å²) >= 11 is 0. The Bertz CT molecular complexity index is 834. The number of aliphatic carboxylic acids is 2. The molecule has 0 radical (unpaired) electrons. The van der Waals surface area contributed by atoms with Crippen LogP contribution in [0.2, 0.25) is 0 Å². The molecule has 8 heteroatoms. The van der Waals surface area contributed by atoms with Gasteiger partial charge in [-0.3, -0.25) is 4.79 Å². The predicted molar refractivity (Wildman–Crippen MR) is 199 cm³/mol. The van der Waals surface area contributed by atoms with Crippen molar-refractivity contribution in [3.8, 4) is 0 Å². The lowest BCUT2D eigenvalue weighted by Crippen LogP contribution is -2.63. The second-order valence-electron chi connectivity index (χ2n) is 14.9. The SMILES string of the molecule is CCCCCCCCCCCC(CCCCCCCC)(CCCCCCCC)OC(=O)C(F)(CCCCCCC)C(O)(CC(=O)O)C(=O)O. The van der Waals surface area contributed by atoms with Crippen molar-refractivity contribution in [2.45, 2.75) is 244 Å². The Balaban J connectivity index is 6.31. The van der Waals surface area contributed by atoms with Gasteiger partial charge >= 0.3 is 17.9 Å². The summed E-state index contributed by atoms with van der Waals surface area (Å²) in [5, 5.41) is 30.8. The van der Waals surface area contributed by atoms with Crippen LogP contribution in [-0.4, -0.2) is 50.1 Å². The molecule has 0 heterocycles. The molecule has 2 unspecified atom stereocenters. The molecule has 0 aliphatic carbocycles. The molecule has 0 saturated carbocycles. The van der Waals surface area contributed by atoms with Crippen LogP contribution >= 0.6 is 0 Å². The van der Waals surface area contributed by atoms with E-state index in [1.165, 1.54) is 32.1 Å². The molecule has 0 rings (SSSR count). The van der Waals surface area contributed by atoms with Crippen molar-refractivity contribution in [1.29, 1.82) is 0 Å². The van der Waals surface area contributed by atoms with E-state index in [-0.39, 0.29) is 6.42 Å². The number of halogens is 1. The Morgan fingerprint density at radius 3 is 1.06 bits per heavy atom. The van der Waals surface area contributed by atoms with Gasteiger partial charge in [0, 0.05) is 0 Å². The number of carboxylic acids is 2. The van der Waals surface area contributed by atoms with E-state index in [0.717, 1.165) is 122 Å². The van der Waals surface area contributed by atoms with Crippen LogP contribution in [0, 0.1) is 0 Å². The Hall–Kier alpha value is -1.70. The fourth-order valence-corrected chi connectivity index (χ4v) is 7.07. The molecular weight excluding hydrogens is 623 g/mol. The molecule has 0 bridgehead atoms. The van der Waals surface area contributed by atoms with Crippen molar-refractivity contribution in [3.63, 3.8) is 0 Å². The van der Waals surface area contributed by atoms with Crippen LogP contribution in [0.5, 0.6) is 0 Å². The molecule has 0 aliphatic heterocycles. The zero-order chi connectivity index (χ0) is 36.9. The summed E-state index contributed by atoms with van der Waals surface area (Å²) in [7, 11) is 0. The Labute approximate surface area is 299 Å². The van der Waals surface area contributed by atoms with E-state index in [0.29, 0.717) is 25.7 Å². The van der Waals surface area contributed by atoms with Gasteiger partial charge in [-0.15, -0.1) is 0 Å². The van der Waals surface area contributed by atoms with Crippen LogP contribution < -0.4 is 0 Å². The zero-order valence-electron chi connectivity index (χ0n) is 32.3. The number of hydrogen-bond donors (Lipinski definition) is 3. The third-order valence-electron chi connectivity index (χ3n) is 10.4. The van der Waals surface area contributed by atoms with E-state index in [1.54, 1.807) is 0 Å². The van der Waals surface area contributed by atoms with Crippen molar-refractivity contribution < 1.29 is 38.8 Å². The number of carbonyl (C=O) groups is 3. The minimum Gasteiger partial charge on any atom is -0.481 e. The molecule has 0 amide bonds. The monoisotopic (exact) mass is 701 g/mol. The number of carbonyl (C=O) groups excluding carboxylic acids is 1. The highest BCUT2D eigenvalue weighted by Crippen LogP contribution is 2.41. The summed E-state index contributed by atoms with van der Waals surface area (Å²) in [6.07, 6.45) is 25.6. The molecule has 7 nitrogen and oxygen atoms in total. The number of esters is 1. The number of alkyl halides is 1. The third kappa shape index (κ3) is 20.1. The van der Waals surface area contributed by atoms with E-state index < -0.39 is 47.6 Å². The molecule has 0 fully saturated rings. The van der Waals surface area contributed by atoms with Crippen LogP contribution in [0.1, 0.15) is 227 Å². The maximum absolute atomic E-state index is 17.2. The molecule has 0 aromatic rings.